The number of hydrogen-bond donors (Lipinski definition) is 1. The molecule has 0 spiro atoms. The second kappa shape index (κ2) is 5.75. The normalized spacial score (nSPS) is 15.9. The molecule has 16 heavy (non-hydrogen) atoms. The molecule has 1 aliphatic carbocycles. The fourth-order valence-electron chi connectivity index (χ4n) is 1.66. The summed E-state index contributed by atoms with van der Waals surface area (Å²) in [5, 5.41) is 7.00. The van der Waals surface area contributed by atoms with Crippen molar-refractivity contribution in [2.75, 3.05) is 27.2 Å². The molecular weight excluding hydrogens is 218 g/mol. The number of nitrogens with zero attached hydrogens (tertiary/aromatic N) is 2. The maximum atomic E-state index is 4.65. The Hall–Kier alpha value is -0.450. The highest BCUT2D eigenvalue weighted by atomic mass is 32.1. The second-order valence-corrected chi connectivity index (χ2v) is 5.67. The molecule has 1 aromatic rings. The van der Waals surface area contributed by atoms with Crippen molar-refractivity contribution in [3.05, 3.63) is 16.1 Å². The third-order valence-electron chi connectivity index (χ3n) is 2.76. The highest BCUT2D eigenvalue weighted by Crippen LogP contribution is 2.41. The lowest BCUT2D eigenvalue weighted by molar-refractivity contribution is 0.394. The fourth-order valence-corrected chi connectivity index (χ4v) is 2.65. The number of nitrogens with one attached hydrogen (secondary N) is 1. The molecule has 0 saturated heterocycles. The van der Waals surface area contributed by atoms with Gasteiger partial charge < -0.3 is 10.2 Å². The van der Waals surface area contributed by atoms with E-state index in [2.05, 4.69) is 34.7 Å². The molecule has 90 valence electrons. The van der Waals surface area contributed by atoms with Gasteiger partial charge in [0, 0.05) is 17.8 Å². The molecule has 0 bridgehead atoms. The molecule has 1 N–H and O–H groups in total. The van der Waals surface area contributed by atoms with Crippen LogP contribution in [-0.2, 0) is 6.54 Å². The molecule has 3 nitrogen and oxygen atoms in total. The van der Waals surface area contributed by atoms with Gasteiger partial charge in [0.15, 0.2) is 0 Å². The predicted octanol–water partition coefficient (Wildman–Crippen LogP) is 2.06. The molecule has 0 amide bonds. The largest absolute Gasteiger partial charge is 0.311 e. The minimum atomic E-state index is 0.799. The van der Waals surface area contributed by atoms with Crippen LogP contribution in [0.15, 0.2) is 5.38 Å². The van der Waals surface area contributed by atoms with Gasteiger partial charge in [-0.25, -0.2) is 4.98 Å². The fraction of sp³-hybridized carbons (Fsp3) is 0.750. The molecule has 0 aliphatic heterocycles. The van der Waals surface area contributed by atoms with Crippen molar-refractivity contribution in [2.45, 2.75) is 31.7 Å². The van der Waals surface area contributed by atoms with Gasteiger partial charge in [-0.05, 0) is 46.4 Å². The van der Waals surface area contributed by atoms with Crippen LogP contribution in [0, 0.1) is 0 Å². The van der Waals surface area contributed by atoms with E-state index in [1.54, 1.807) is 0 Å². The molecule has 1 aliphatic rings. The van der Waals surface area contributed by atoms with Crippen LogP contribution in [0.25, 0.3) is 0 Å². The molecule has 1 saturated carbocycles. The Morgan fingerprint density at radius 1 is 1.50 bits per heavy atom. The Labute approximate surface area is 102 Å². The number of hydrogen-bond acceptors (Lipinski definition) is 4. The van der Waals surface area contributed by atoms with Crippen LogP contribution in [0.3, 0.4) is 0 Å². The molecule has 1 aromatic heterocycles. The van der Waals surface area contributed by atoms with E-state index in [0.717, 1.165) is 25.6 Å². The Morgan fingerprint density at radius 2 is 2.31 bits per heavy atom. The highest BCUT2D eigenvalue weighted by molar-refractivity contribution is 7.09. The van der Waals surface area contributed by atoms with E-state index in [-0.39, 0.29) is 0 Å². The Bertz CT molecular complexity index is 318. The van der Waals surface area contributed by atoms with Gasteiger partial charge in [-0.3, -0.25) is 0 Å². The average molecular weight is 239 g/mol. The molecule has 0 aromatic carbocycles. The van der Waals surface area contributed by atoms with Gasteiger partial charge in [0.2, 0.25) is 0 Å². The molecule has 4 heteroatoms. The summed E-state index contributed by atoms with van der Waals surface area (Å²) in [5.41, 5.74) is 1.22. The quantitative estimate of drug-likeness (QED) is 0.738. The number of thiazole rings is 1. The summed E-state index contributed by atoms with van der Waals surface area (Å²) in [5.74, 6) is 0.799. The molecule has 0 atom stereocenters. The minimum Gasteiger partial charge on any atom is -0.311 e. The zero-order valence-electron chi connectivity index (χ0n) is 10.2. The topological polar surface area (TPSA) is 28.2 Å². The monoisotopic (exact) mass is 239 g/mol. The first kappa shape index (κ1) is 12.0. The molecule has 1 heterocycles. The lowest BCUT2D eigenvalue weighted by Gasteiger charge is -2.08. The Kier molecular flexibility index (Phi) is 4.32. The van der Waals surface area contributed by atoms with E-state index in [4.69, 9.17) is 0 Å². The summed E-state index contributed by atoms with van der Waals surface area (Å²) in [7, 11) is 4.23. The van der Waals surface area contributed by atoms with Crippen LogP contribution >= 0.6 is 11.3 Å². The van der Waals surface area contributed by atoms with Crippen LogP contribution in [-0.4, -0.2) is 37.1 Å². The molecular formula is C12H21N3S. The standard InChI is InChI=1S/C12H21N3S/c1-15(2)7-3-6-13-8-11-9-16-12(14-11)10-4-5-10/h9-10,13H,3-8H2,1-2H3. The van der Waals surface area contributed by atoms with E-state index < -0.39 is 0 Å². The zero-order chi connectivity index (χ0) is 11.4. The van der Waals surface area contributed by atoms with Gasteiger partial charge in [-0.15, -0.1) is 11.3 Å². The first-order valence-corrected chi connectivity index (χ1v) is 6.93. The third-order valence-corrected chi connectivity index (χ3v) is 3.82. The second-order valence-electron chi connectivity index (χ2n) is 4.78. The lowest BCUT2D eigenvalue weighted by atomic mass is 10.4. The maximum absolute atomic E-state index is 4.65. The van der Waals surface area contributed by atoms with E-state index >= 15 is 0 Å². The minimum absolute atomic E-state index is 0.799. The van der Waals surface area contributed by atoms with Gasteiger partial charge in [0.1, 0.15) is 0 Å². The summed E-state index contributed by atoms with van der Waals surface area (Å²) >= 11 is 1.83. The highest BCUT2D eigenvalue weighted by Gasteiger charge is 2.26. The first-order valence-electron chi connectivity index (χ1n) is 6.05. The van der Waals surface area contributed by atoms with Gasteiger partial charge >= 0.3 is 0 Å². The molecule has 1 fully saturated rings. The van der Waals surface area contributed by atoms with E-state index in [0.29, 0.717) is 0 Å². The van der Waals surface area contributed by atoms with E-state index in [1.165, 1.54) is 30.0 Å². The summed E-state index contributed by atoms with van der Waals surface area (Å²) in [6.07, 6.45) is 3.90. The van der Waals surface area contributed by atoms with Crippen molar-refractivity contribution >= 4 is 11.3 Å². The molecule has 2 rings (SSSR count). The van der Waals surface area contributed by atoms with Gasteiger partial charge in [0.05, 0.1) is 10.7 Å². The number of rotatable bonds is 7. The van der Waals surface area contributed by atoms with Gasteiger partial charge in [-0.1, -0.05) is 0 Å². The van der Waals surface area contributed by atoms with Crippen molar-refractivity contribution in [3.8, 4) is 0 Å². The van der Waals surface area contributed by atoms with Crippen molar-refractivity contribution < 1.29 is 0 Å². The van der Waals surface area contributed by atoms with Crippen molar-refractivity contribution in [1.29, 1.82) is 0 Å². The van der Waals surface area contributed by atoms with Crippen molar-refractivity contribution in [2.24, 2.45) is 0 Å². The van der Waals surface area contributed by atoms with Crippen LogP contribution in [0.4, 0.5) is 0 Å². The maximum Gasteiger partial charge on any atom is 0.0959 e. The van der Waals surface area contributed by atoms with E-state index in [1.807, 2.05) is 11.3 Å². The predicted molar refractivity (Wildman–Crippen MR) is 69.0 cm³/mol. The smallest absolute Gasteiger partial charge is 0.0959 e. The Morgan fingerprint density at radius 3 is 3.00 bits per heavy atom. The molecule has 0 radical (unpaired) electrons. The molecule has 0 unspecified atom stereocenters. The van der Waals surface area contributed by atoms with Crippen LogP contribution in [0.2, 0.25) is 0 Å². The zero-order valence-corrected chi connectivity index (χ0v) is 11.0. The summed E-state index contributed by atoms with van der Waals surface area (Å²) in [6, 6.07) is 0. The summed E-state index contributed by atoms with van der Waals surface area (Å²) in [4.78, 5) is 6.87. The van der Waals surface area contributed by atoms with Crippen LogP contribution in [0.5, 0.6) is 0 Å². The summed E-state index contributed by atoms with van der Waals surface area (Å²) in [6.45, 7) is 3.16. The van der Waals surface area contributed by atoms with Gasteiger partial charge in [0.25, 0.3) is 0 Å². The van der Waals surface area contributed by atoms with E-state index in [9.17, 15) is 0 Å². The van der Waals surface area contributed by atoms with Crippen molar-refractivity contribution in [1.82, 2.24) is 15.2 Å². The SMILES string of the molecule is CN(C)CCCNCc1csc(C2CC2)n1. The van der Waals surface area contributed by atoms with Gasteiger partial charge in [-0.2, -0.15) is 0 Å². The first-order chi connectivity index (χ1) is 7.75. The number of aromatic nitrogens is 1. The van der Waals surface area contributed by atoms with Crippen molar-refractivity contribution in [3.63, 3.8) is 0 Å². The summed E-state index contributed by atoms with van der Waals surface area (Å²) < 4.78 is 0. The van der Waals surface area contributed by atoms with Crippen LogP contribution < -0.4 is 5.32 Å². The average Bonchev–Trinajstić information content (AvgIpc) is 2.99. The van der Waals surface area contributed by atoms with Crippen LogP contribution in [0.1, 0.15) is 35.9 Å². The Balaban J connectivity index is 1.61. The lowest BCUT2D eigenvalue weighted by Crippen LogP contribution is -2.21. The third kappa shape index (κ3) is 3.85.